The van der Waals surface area contributed by atoms with E-state index in [1.807, 2.05) is 0 Å². The number of aromatic nitrogens is 2. The number of carboxylic acids is 1. The molecule has 11 heteroatoms. The molecule has 3 aromatic rings. The molecular weight excluding hydrogens is 435 g/mol. The summed E-state index contributed by atoms with van der Waals surface area (Å²) in [6.07, 6.45) is -1.30. The fourth-order valence-electron chi connectivity index (χ4n) is 3.52. The van der Waals surface area contributed by atoms with Gasteiger partial charge in [0.05, 0.1) is 16.2 Å². The number of hydrogen-bond acceptors (Lipinski definition) is 5. The van der Waals surface area contributed by atoms with Crippen molar-refractivity contribution < 1.29 is 31.5 Å². The van der Waals surface area contributed by atoms with E-state index in [2.05, 4.69) is 9.97 Å². The summed E-state index contributed by atoms with van der Waals surface area (Å²) in [5.41, 5.74) is -0.488. The largest absolute Gasteiger partial charge is 0.477 e. The van der Waals surface area contributed by atoms with Gasteiger partial charge in [0, 0.05) is 18.5 Å². The Morgan fingerprint density at radius 3 is 2.42 bits per heavy atom. The first-order valence-electron chi connectivity index (χ1n) is 9.23. The average molecular weight is 451 g/mol. The Morgan fingerprint density at radius 2 is 1.84 bits per heavy atom. The van der Waals surface area contributed by atoms with Crippen LogP contribution in [0.2, 0.25) is 0 Å². The lowest BCUT2D eigenvalue weighted by Crippen LogP contribution is -2.29. The van der Waals surface area contributed by atoms with Gasteiger partial charge in [0.15, 0.2) is 11.3 Å². The Bertz CT molecular complexity index is 1310. The highest BCUT2D eigenvalue weighted by atomic mass is 32.2. The van der Waals surface area contributed by atoms with Crippen molar-refractivity contribution in [2.75, 3.05) is 13.1 Å². The van der Waals surface area contributed by atoms with E-state index < -0.39 is 44.3 Å². The molecule has 0 amide bonds. The third-order valence-corrected chi connectivity index (χ3v) is 6.94. The first-order valence-corrected chi connectivity index (χ1v) is 10.7. The van der Waals surface area contributed by atoms with Crippen molar-refractivity contribution in [3.8, 4) is 11.3 Å². The number of benzene rings is 1. The van der Waals surface area contributed by atoms with Crippen LogP contribution in [-0.2, 0) is 10.0 Å². The van der Waals surface area contributed by atoms with Crippen LogP contribution < -0.4 is 0 Å². The summed E-state index contributed by atoms with van der Waals surface area (Å²) < 4.78 is 69.2. The summed E-state index contributed by atoms with van der Waals surface area (Å²) in [7, 11) is -4.26. The monoisotopic (exact) mass is 451 g/mol. The molecule has 0 saturated carbocycles. The topological polar surface area (TPSA) is 100 Å². The number of fused-ring (bicyclic) bond motifs is 1. The normalized spacial score (nSPS) is 17.4. The van der Waals surface area contributed by atoms with Crippen molar-refractivity contribution in [3.63, 3.8) is 0 Å². The minimum absolute atomic E-state index is 0.0172. The van der Waals surface area contributed by atoms with Crippen LogP contribution in [0, 0.1) is 18.6 Å². The van der Waals surface area contributed by atoms with E-state index in [1.165, 1.54) is 18.2 Å². The number of halogens is 3. The van der Waals surface area contributed by atoms with Crippen molar-refractivity contribution in [1.29, 1.82) is 0 Å². The van der Waals surface area contributed by atoms with Crippen LogP contribution in [0.4, 0.5) is 13.2 Å². The van der Waals surface area contributed by atoms with Crippen molar-refractivity contribution in [3.05, 3.63) is 53.2 Å². The maximum absolute atomic E-state index is 14.9. The second-order valence-electron chi connectivity index (χ2n) is 7.21. The molecule has 0 aliphatic carbocycles. The molecule has 0 unspecified atom stereocenters. The number of nitrogens with zero attached hydrogens (tertiary/aromatic N) is 3. The lowest BCUT2D eigenvalue weighted by Gasteiger charge is -2.16. The Hall–Kier alpha value is -3.05. The van der Waals surface area contributed by atoms with Crippen molar-refractivity contribution in [1.82, 2.24) is 14.3 Å². The van der Waals surface area contributed by atoms with Crippen LogP contribution in [0.5, 0.6) is 0 Å². The molecular formula is C20H16F3N3O4S. The van der Waals surface area contributed by atoms with Gasteiger partial charge in [-0.05, 0) is 49.2 Å². The molecule has 1 aromatic carbocycles. The van der Waals surface area contributed by atoms with Gasteiger partial charge in [-0.3, -0.25) is 0 Å². The van der Waals surface area contributed by atoms with Gasteiger partial charge in [0.25, 0.3) is 0 Å². The Balaban J connectivity index is 1.82. The number of carbonyl (C=O) groups is 1. The Kier molecular flexibility index (Phi) is 5.18. The second-order valence-corrected chi connectivity index (χ2v) is 9.15. The first-order chi connectivity index (χ1) is 14.6. The van der Waals surface area contributed by atoms with E-state index >= 15 is 0 Å². The second kappa shape index (κ2) is 7.57. The zero-order chi connectivity index (χ0) is 22.5. The van der Waals surface area contributed by atoms with Crippen molar-refractivity contribution in [2.45, 2.75) is 24.4 Å². The van der Waals surface area contributed by atoms with Crippen LogP contribution in [0.1, 0.15) is 22.5 Å². The van der Waals surface area contributed by atoms with Gasteiger partial charge in [-0.15, -0.1) is 0 Å². The Morgan fingerprint density at radius 1 is 1.16 bits per heavy atom. The molecule has 162 valence electrons. The fraction of sp³-hybridized carbons (Fsp3) is 0.250. The van der Waals surface area contributed by atoms with Gasteiger partial charge in [-0.25, -0.2) is 36.4 Å². The van der Waals surface area contributed by atoms with E-state index in [-0.39, 0.29) is 36.5 Å². The molecule has 0 spiro atoms. The smallest absolute Gasteiger partial charge is 0.354 e. The number of sulfonamides is 1. The molecule has 2 aromatic heterocycles. The summed E-state index contributed by atoms with van der Waals surface area (Å²) >= 11 is 0. The highest BCUT2D eigenvalue weighted by Gasteiger charge is 2.34. The van der Waals surface area contributed by atoms with Crippen LogP contribution in [0.15, 0.2) is 35.2 Å². The van der Waals surface area contributed by atoms with Gasteiger partial charge in [0.1, 0.15) is 17.8 Å². The molecule has 31 heavy (non-hydrogen) atoms. The summed E-state index contributed by atoms with van der Waals surface area (Å²) in [6.45, 7) is 1.21. The van der Waals surface area contributed by atoms with Crippen LogP contribution in [-0.4, -0.2) is 53.0 Å². The molecule has 1 aliphatic rings. The van der Waals surface area contributed by atoms with Crippen molar-refractivity contribution >= 4 is 27.0 Å². The van der Waals surface area contributed by atoms with Gasteiger partial charge in [-0.2, -0.15) is 4.31 Å². The average Bonchev–Trinajstić information content (AvgIpc) is 3.14. The zero-order valence-corrected chi connectivity index (χ0v) is 17.0. The standard InChI is InChI=1S/C20H16F3N3O4S/c1-10-6-17(25-19-13(10)2-3-16(24-19)20(27)28)18-14(22)7-12(8-15(18)23)31(29,30)26-5-4-11(21)9-26/h2-3,6-8,11H,4-5,9H2,1H3,(H,27,28)/t11-/m0/s1. The van der Waals surface area contributed by atoms with Crippen LogP contribution in [0.3, 0.4) is 0 Å². The van der Waals surface area contributed by atoms with Crippen molar-refractivity contribution in [2.24, 2.45) is 0 Å². The lowest BCUT2D eigenvalue weighted by molar-refractivity contribution is 0.0691. The number of aromatic carboxylic acids is 1. The summed E-state index contributed by atoms with van der Waals surface area (Å²) in [5, 5.41) is 9.61. The molecule has 0 radical (unpaired) electrons. The number of pyridine rings is 2. The van der Waals surface area contributed by atoms with Gasteiger partial charge in [0.2, 0.25) is 10.0 Å². The molecule has 0 bridgehead atoms. The molecule has 1 N–H and O–H groups in total. The highest BCUT2D eigenvalue weighted by Crippen LogP contribution is 2.32. The number of aryl methyl sites for hydroxylation is 1. The van der Waals surface area contributed by atoms with Crippen LogP contribution >= 0.6 is 0 Å². The summed E-state index contributed by atoms with van der Waals surface area (Å²) in [5.74, 6) is -3.62. The number of carboxylic acid groups (broad SMARTS) is 1. The Labute approximate surface area is 175 Å². The molecule has 1 fully saturated rings. The summed E-state index contributed by atoms with van der Waals surface area (Å²) in [6, 6.07) is 5.52. The predicted octanol–water partition coefficient (Wildman–Crippen LogP) is 3.31. The molecule has 7 nitrogen and oxygen atoms in total. The third kappa shape index (κ3) is 3.74. The van der Waals surface area contributed by atoms with Gasteiger partial charge < -0.3 is 5.11 Å². The number of hydrogen-bond donors (Lipinski definition) is 1. The number of rotatable bonds is 4. The minimum Gasteiger partial charge on any atom is -0.477 e. The first kappa shape index (κ1) is 21.2. The summed E-state index contributed by atoms with van der Waals surface area (Å²) in [4.78, 5) is 18.5. The quantitative estimate of drug-likeness (QED) is 0.653. The van der Waals surface area contributed by atoms with E-state index in [0.29, 0.717) is 23.1 Å². The van der Waals surface area contributed by atoms with Gasteiger partial charge in [-0.1, -0.05) is 0 Å². The maximum Gasteiger partial charge on any atom is 0.354 e. The van der Waals surface area contributed by atoms with E-state index in [9.17, 15) is 26.4 Å². The van der Waals surface area contributed by atoms with E-state index in [4.69, 9.17) is 5.11 Å². The third-order valence-electron chi connectivity index (χ3n) is 5.10. The van der Waals surface area contributed by atoms with Crippen LogP contribution in [0.25, 0.3) is 22.3 Å². The lowest BCUT2D eigenvalue weighted by atomic mass is 10.1. The predicted molar refractivity (Wildman–Crippen MR) is 105 cm³/mol. The fourth-order valence-corrected chi connectivity index (χ4v) is 5.02. The highest BCUT2D eigenvalue weighted by molar-refractivity contribution is 7.89. The molecule has 1 saturated heterocycles. The molecule has 1 atom stereocenters. The molecule has 1 aliphatic heterocycles. The SMILES string of the molecule is Cc1cc(-c2c(F)cc(S(=O)(=O)N3CC[C@H](F)C3)cc2F)nc2nc(C(=O)O)ccc12. The number of alkyl halides is 1. The molecule has 3 heterocycles. The van der Waals surface area contributed by atoms with E-state index in [1.54, 1.807) is 6.92 Å². The maximum atomic E-state index is 14.9. The van der Waals surface area contributed by atoms with E-state index in [0.717, 1.165) is 4.31 Å². The zero-order valence-electron chi connectivity index (χ0n) is 16.1. The van der Waals surface area contributed by atoms with Gasteiger partial charge >= 0.3 is 5.97 Å². The minimum atomic E-state index is -4.26. The molecule has 4 rings (SSSR count).